The van der Waals surface area contributed by atoms with E-state index >= 15 is 0 Å². The van der Waals surface area contributed by atoms with E-state index in [2.05, 4.69) is 44.6 Å². The number of anilines is 1. The average molecular weight is 270 g/mol. The Labute approximate surface area is 99.0 Å². The van der Waals surface area contributed by atoms with Crippen LogP contribution in [0.1, 0.15) is 32.5 Å². The molecule has 1 fully saturated rings. The predicted octanol–water partition coefficient (Wildman–Crippen LogP) is 2.79. The summed E-state index contributed by atoms with van der Waals surface area (Å²) in [7, 11) is 0. The molecule has 0 amide bonds. The molecule has 3 nitrogen and oxygen atoms in total. The molecule has 0 saturated carbocycles. The molecule has 0 spiro atoms. The molecule has 15 heavy (non-hydrogen) atoms. The Bertz CT molecular complexity index is 354. The van der Waals surface area contributed by atoms with Crippen molar-refractivity contribution in [1.82, 2.24) is 9.97 Å². The Morgan fingerprint density at radius 2 is 2.33 bits per heavy atom. The zero-order chi connectivity index (χ0) is 10.8. The minimum atomic E-state index is 0.608. The van der Waals surface area contributed by atoms with Gasteiger partial charge in [0.15, 0.2) is 0 Å². The van der Waals surface area contributed by atoms with E-state index < -0.39 is 0 Å². The lowest BCUT2D eigenvalue weighted by Crippen LogP contribution is -2.27. The number of aromatic nitrogens is 2. The van der Waals surface area contributed by atoms with Crippen molar-refractivity contribution in [1.29, 1.82) is 0 Å². The molecular weight excluding hydrogens is 254 g/mol. The molecule has 1 atom stereocenters. The van der Waals surface area contributed by atoms with Crippen LogP contribution in [0.3, 0.4) is 0 Å². The Morgan fingerprint density at radius 1 is 1.53 bits per heavy atom. The van der Waals surface area contributed by atoms with E-state index in [4.69, 9.17) is 0 Å². The van der Waals surface area contributed by atoms with Crippen LogP contribution in [0.2, 0.25) is 0 Å². The summed E-state index contributed by atoms with van der Waals surface area (Å²) in [6.45, 7) is 5.46. The highest BCUT2D eigenvalue weighted by Crippen LogP contribution is 2.25. The highest BCUT2D eigenvalue weighted by Gasteiger charge is 2.22. The molecule has 0 aliphatic carbocycles. The van der Waals surface area contributed by atoms with Crippen LogP contribution in [0.4, 0.5) is 5.82 Å². The van der Waals surface area contributed by atoms with E-state index in [0.29, 0.717) is 6.04 Å². The minimum absolute atomic E-state index is 0.608. The van der Waals surface area contributed by atoms with E-state index in [0.717, 1.165) is 29.2 Å². The van der Waals surface area contributed by atoms with Crippen LogP contribution in [-0.4, -0.2) is 22.6 Å². The molecule has 82 valence electrons. The second kappa shape index (κ2) is 4.47. The summed E-state index contributed by atoms with van der Waals surface area (Å²) in [5.41, 5.74) is 0. The summed E-state index contributed by atoms with van der Waals surface area (Å²) in [6, 6.07) is 2.62. The van der Waals surface area contributed by atoms with Gasteiger partial charge in [-0.15, -0.1) is 0 Å². The molecule has 1 unspecified atom stereocenters. The van der Waals surface area contributed by atoms with E-state index in [1.165, 1.54) is 12.8 Å². The van der Waals surface area contributed by atoms with Crippen LogP contribution in [-0.2, 0) is 6.42 Å². The number of hydrogen-bond acceptors (Lipinski definition) is 3. The van der Waals surface area contributed by atoms with Gasteiger partial charge in [-0.3, -0.25) is 0 Å². The van der Waals surface area contributed by atoms with Gasteiger partial charge in [0.25, 0.3) is 0 Å². The quantitative estimate of drug-likeness (QED) is 0.774. The standard InChI is InChI=1S/C11H16BrN3/c1-3-10-13-9(12)7-11(14-10)15-6-4-5-8(15)2/h7-8H,3-6H2,1-2H3. The molecule has 0 aromatic carbocycles. The topological polar surface area (TPSA) is 29.0 Å². The predicted molar refractivity (Wildman–Crippen MR) is 65.2 cm³/mol. The summed E-state index contributed by atoms with van der Waals surface area (Å²) in [5, 5.41) is 0. The zero-order valence-corrected chi connectivity index (χ0v) is 10.8. The minimum Gasteiger partial charge on any atom is -0.354 e. The lowest BCUT2D eigenvalue weighted by Gasteiger charge is -2.22. The van der Waals surface area contributed by atoms with E-state index in [-0.39, 0.29) is 0 Å². The number of halogens is 1. The van der Waals surface area contributed by atoms with Crippen LogP contribution >= 0.6 is 15.9 Å². The molecule has 2 rings (SSSR count). The fraction of sp³-hybridized carbons (Fsp3) is 0.636. The van der Waals surface area contributed by atoms with Crippen molar-refractivity contribution in [3.05, 3.63) is 16.5 Å². The third-order valence-corrected chi connectivity index (χ3v) is 3.30. The molecule has 0 N–H and O–H groups in total. The summed E-state index contributed by atoms with van der Waals surface area (Å²) in [5.74, 6) is 1.98. The number of aryl methyl sites for hydroxylation is 1. The number of nitrogens with zero attached hydrogens (tertiary/aromatic N) is 3. The van der Waals surface area contributed by atoms with Gasteiger partial charge >= 0.3 is 0 Å². The highest BCUT2D eigenvalue weighted by atomic mass is 79.9. The smallest absolute Gasteiger partial charge is 0.133 e. The molecule has 1 aromatic heterocycles. The fourth-order valence-electron chi connectivity index (χ4n) is 2.03. The van der Waals surface area contributed by atoms with Gasteiger partial charge in [0, 0.05) is 25.1 Å². The number of rotatable bonds is 2. The highest BCUT2D eigenvalue weighted by molar-refractivity contribution is 9.10. The van der Waals surface area contributed by atoms with Gasteiger partial charge in [-0.25, -0.2) is 9.97 Å². The van der Waals surface area contributed by atoms with Gasteiger partial charge in [-0.05, 0) is 35.7 Å². The first-order valence-corrected chi connectivity index (χ1v) is 6.30. The normalized spacial score (nSPS) is 21.0. The summed E-state index contributed by atoms with van der Waals surface area (Å²) in [4.78, 5) is 11.3. The first kappa shape index (κ1) is 10.9. The van der Waals surface area contributed by atoms with Crippen molar-refractivity contribution in [3.8, 4) is 0 Å². The van der Waals surface area contributed by atoms with Crippen molar-refractivity contribution in [2.45, 2.75) is 39.2 Å². The monoisotopic (exact) mass is 269 g/mol. The lowest BCUT2D eigenvalue weighted by molar-refractivity contribution is 0.721. The van der Waals surface area contributed by atoms with Gasteiger partial charge in [0.1, 0.15) is 16.2 Å². The van der Waals surface area contributed by atoms with Crippen LogP contribution < -0.4 is 4.90 Å². The summed E-state index contributed by atoms with van der Waals surface area (Å²) < 4.78 is 0.892. The van der Waals surface area contributed by atoms with Gasteiger partial charge in [0.05, 0.1) is 0 Å². The molecule has 0 radical (unpaired) electrons. The molecule has 4 heteroatoms. The van der Waals surface area contributed by atoms with Crippen LogP contribution in [0.15, 0.2) is 10.7 Å². The van der Waals surface area contributed by atoms with Gasteiger partial charge in [-0.1, -0.05) is 6.92 Å². The van der Waals surface area contributed by atoms with Crippen molar-refractivity contribution in [3.63, 3.8) is 0 Å². The molecule has 0 bridgehead atoms. The van der Waals surface area contributed by atoms with Crippen molar-refractivity contribution >= 4 is 21.7 Å². The molecule has 2 heterocycles. The largest absolute Gasteiger partial charge is 0.354 e. The summed E-state index contributed by atoms with van der Waals surface area (Å²) in [6.07, 6.45) is 3.42. The van der Waals surface area contributed by atoms with Gasteiger partial charge < -0.3 is 4.90 Å². The molecule has 1 saturated heterocycles. The Balaban J connectivity index is 2.30. The lowest BCUT2D eigenvalue weighted by atomic mass is 10.2. The van der Waals surface area contributed by atoms with Gasteiger partial charge in [0.2, 0.25) is 0 Å². The Kier molecular flexibility index (Phi) is 3.24. The second-order valence-corrected chi connectivity index (χ2v) is 4.82. The maximum atomic E-state index is 4.57. The third kappa shape index (κ3) is 2.30. The average Bonchev–Trinajstić information content (AvgIpc) is 2.63. The third-order valence-electron chi connectivity index (χ3n) is 2.89. The first-order chi connectivity index (χ1) is 7.20. The summed E-state index contributed by atoms with van der Waals surface area (Å²) >= 11 is 3.44. The molecule has 1 aliphatic heterocycles. The van der Waals surface area contributed by atoms with Crippen LogP contribution in [0.5, 0.6) is 0 Å². The molecular formula is C11H16BrN3. The van der Waals surface area contributed by atoms with E-state index in [1.807, 2.05) is 6.07 Å². The maximum absolute atomic E-state index is 4.57. The van der Waals surface area contributed by atoms with Crippen LogP contribution in [0, 0.1) is 0 Å². The number of hydrogen-bond donors (Lipinski definition) is 0. The SMILES string of the molecule is CCc1nc(Br)cc(N2CCCC2C)n1. The fourth-order valence-corrected chi connectivity index (χ4v) is 2.44. The Hall–Kier alpha value is -0.640. The van der Waals surface area contributed by atoms with Crippen LogP contribution in [0.25, 0.3) is 0 Å². The van der Waals surface area contributed by atoms with Crippen molar-refractivity contribution in [2.24, 2.45) is 0 Å². The van der Waals surface area contributed by atoms with Gasteiger partial charge in [-0.2, -0.15) is 0 Å². The molecule has 1 aliphatic rings. The first-order valence-electron chi connectivity index (χ1n) is 5.51. The maximum Gasteiger partial charge on any atom is 0.133 e. The molecule has 1 aromatic rings. The van der Waals surface area contributed by atoms with Crippen molar-refractivity contribution < 1.29 is 0 Å². The zero-order valence-electron chi connectivity index (χ0n) is 9.20. The Morgan fingerprint density at radius 3 is 2.93 bits per heavy atom. The van der Waals surface area contributed by atoms with Crippen molar-refractivity contribution in [2.75, 3.05) is 11.4 Å². The van der Waals surface area contributed by atoms with E-state index in [1.54, 1.807) is 0 Å². The van der Waals surface area contributed by atoms with E-state index in [9.17, 15) is 0 Å². The second-order valence-electron chi connectivity index (χ2n) is 4.00.